The minimum Gasteiger partial charge on any atom is -0.377 e. The number of halogens is 2. The summed E-state index contributed by atoms with van der Waals surface area (Å²) in [6, 6.07) is 3.82. The van der Waals surface area contributed by atoms with E-state index in [9.17, 15) is 8.78 Å². The number of benzene rings is 1. The molecule has 1 unspecified atom stereocenters. The average Bonchev–Trinajstić information content (AvgIpc) is 2.43. The molecule has 1 aromatic rings. The van der Waals surface area contributed by atoms with Gasteiger partial charge in [-0.25, -0.2) is 8.78 Å². The van der Waals surface area contributed by atoms with Gasteiger partial charge < -0.3 is 10.1 Å². The molecule has 0 saturated heterocycles. The van der Waals surface area contributed by atoms with Gasteiger partial charge in [0.2, 0.25) is 0 Å². The van der Waals surface area contributed by atoms with Crippen LogP contribution in [-0.2, 0) is 11.2 Å². The molecule has 0 amide bonds. The molecule has 2 nitrogen and oxygen atoms in total. The number of likely N-dealkylation sites (N-methyl/N-ethyl adjacent to an activating group) is 1. The zero-order chi connectivity index (χ0) is 14.5. The van der Waals surface area contributed by atoms with E-state index in [1.807, 2.05) is 13.8 Å². The van der Waals surface area contributed by atoms with Crippen LogP contribution in [0.5, 0.6) is 0 Å². The van der Waals surface area contributed by atoms with Crippen LogP contribution in [0.3, 0.4) is 0 Å². The average molecular weight is 271 g/mol. The van der Waals surface area contributed by atoms with Crippen molar-refractivity contribution in [1.82, 2.24) is 5.32 Å². The number of ether oxygens (including phenoxy) is 1. The van der Waals surface area contributed by atoms with Gasteiger partial charge in [-0.05, 0) is 38.4 Å². The van der Waals surface area contributed by atoms with E-state index >= 15 is 0 Å². The lowest BCUT2D eigenvalue weighted by Crippen LogP contribution is -2.51. The fraction of sp³-hybridized carbons (Fsp3) is 0.600. The number of methoxy groups -OCH3 is 1. The molecule has 0 aliphatic carbocycles. The molecule has 4 heteroatoms. The van der Waals surface area contributed by atoms with Crippen molar-refractivity contribution < 1.29 is 13.5 Å². The van der Waals surface area contributed by atoms with Crippen LogP contribution < -0.4 is 5.32 Å². The molecule has 0 fully saturated rings. The summed E-state index contributed by atoms with van der Waals surface area (Å²) in [5.74, 6) is -1.00. The highest BCUT2D eigenvalue weighted by molar-refractivity contribution is 5.21. The van der Waals surface area contributed by atoms with Gasteiger partial charge in [0.1, 0.15) is 11.6 Å². The molecule has 0 aliphatic rings. The Kier molecular flexibility index (Phi) is 5.88. The first kappa shape index (κ1) is 16.1. The zero-order valence-corrected chi connectivity index (χ0v) is 12.1. The van der Waals surface area contributed by atoms with E-state index in [1.165, 1.54) is 18.2 Å². The molecule has 1 aromatic carbocycles. The van der Waals surface area contributed by atoms with Crippen molar-refractivity contribution in [2.75, 3.05) is 14.2 Å². The van der Waals surface area contributed by atoms with Gasteiger partial charge in [0, 0.05) is 18.7 Å². The Morgan fingerprint density at radius 2 is 1.74 bits per heavy atom. The second-order valence-electron chi connectivity index (χ2n) is 4.72. The lowest BCUT2D eigenvalue weighted by atomic mass is 9.84. The maximum Gasteiger partial charge on any atom is 0.129 e. The van der Waals surface area contributed by atoms with E-state index in [2.05, 4.69) is 5.32 Å². The van der Waals surface area contributed by atoms with E-state index in [4.69, 9.17) is 4.74 Å². The molecular weight excluding hydrogens is 248 g/mol. The van der Waals surface area contributed by atoms with E-state index in [0.717, 1.165) is 12.8 Å². The van der Waals surface area contributed by atoms with Gasteiger partial charge >= 0.3 is 0 Å². The number of hydrogen-bond donors (Lipinski definition) is 1. The molecule has 0 spiro atoms. The van der Waals surface area contributed by atoms with Gasteiger partial charge in [-0.3, -0.25) is 0 Å². The highest BCUT2D eigenvalue weighted by Crippen LogP contribution is 2.27. The van der Waals surface area contributed by atoms with Gasteiger partial charge in [0.05, 0.1) is 5.60 Å². The van der Waals surface area contributed by atoms with Crippen molar-refractivity contribution in [1.29, 1.82) is 0 Å². The van der Waals surface area contributed by atoms with Gasteiger partial charge in [0.15, 0.2) is 0 Å². The van der Waals surface area contributed by atoms with Crippen molar-refractivity contribution in [3.8, 4) is 0 Å². The molecule has 0 heterocycles. The predicted molar refractivity (Wildman–Crippen MR) is 73.2 cm³/mol. The number of rotatable bonds is 7. The molecule has 0 aliphatic heterocycles. The van der Waals surface area contributed by atoms with Crippen LogP contribution in [0, 0.1) is 11.6 Å². The second-order valence-corrected chi connectivity index (χ2v) is 4.72. The van der Waals surface area contributed by atoms with Crippen LogP contribution in [0.4, 0.5) is 8.78 Å². The summed E-state index contributed by atoms with van der Waals surface area (Å²) in [7, 11) is 3.44. The third-order valence-electron chi connectivity index (χ3n) is 4.06. The molecule has 0 saturated carbocycles. The minimum absolute atomic E-state index is 0.116. The molecule has 1 N–H and O–H groups in total. The topological polar surface area (TPSA) is 21.3 Å². The molecule has 1 atom stereocenters. The van der Waals surface area contributed by atoms with E-state index in [0.29, 0.717) is 0 Å². The second kappa shape index (κ2) is 6.96. The molecule has 0 radical (unpaired) electrons. The van der Waals surface area contributed by atoms with Crippen LogP contribution in [0.2, 0.25) is 0 Å². The molecule has 108 valence electrons. The summed E-state index contributed by atoms with van der Waals surface area (Å²) in [6.07, 6.45) is 1.83. The van der Waals surface area contributed by atoms with Crippen molar-refractivity contribution in [3.05, 3.63) is 35.4 Å². The summed E-state index contributed by atoms with van der Waals surface area (Å²) in [5.41, 5.74) is -0.297. The Morgan fingerprint density at radius 1 is 1.21 bits per heavy atom. The normalized spacial score (nSPS) is 13.6. The zero-order valence-electron chi connectivity index (χ0n) is 12.1. The Labute approximate surface area is 114 Å². The van der Waals surface area contributed by atoms with Gasteiger partial charge in [-0.2, -0.15) is 0 Å². The highest BCUT2D eigenvalue weighted by atomic mass is 19.1. The Bertz CT molecular complexity index is 377. The molecular formula is C15H23F2NO. The number of nitrogens with one attached hydrogen (secondary N) is 1. The fourth-order valence-corrected chi connectivity index (χ4v) is 2.66. The van der Waals surface area contributed by atoms with Crippen molar-refractivity contribution in [2.24, 2.45) is 0 Å². The van der Waals surface area contributed by atoms with Crippen LogP contribution in [0.1, 0.15) is 32.3 Å². The maximum absolute atomic E-state index is 13.7. The smallest absolute Gasteiger partial charge is 0.129 e. The Morgan fingerprint density at radius 3 is 2.11 bits per heavy atom. The summed E-state index contributed by atoms with van der Waals surface area (Å²) < 4.78 is 33.1. The number of hydrogen-bond acceptors (Lipinski definition) is 2. The summed E-state index contributed by atoms with van der Waals surface area (Å²) in [4.78, 5) is 0. The van der Waals surface area contributed by atoms with E-state index < -0.39 is 17.2 Å². The van der Waals surface area contributed by atoms with Crippen molar-refractivity contribution >= 4 is 0 Å². The first-order chi connectivity index (χ1) is 9.04. The van der Waals surface area contributed by atoms with Crippen LogP contribution in [0.15, 0.2) is 18.2 Å². The lowest BCUT2D eigenvalue weighted by Gasteiger charge is -2.38. The first-order valence-electron chi connectivity index (χ1n) is 6.69. The fourth-order valence-electron chi connectivity index (χ4n) is 2.66. The van der Waals surface area contributed by atoms with E-state index in [1.54, 1.807) is 14.2 Å². The first-order valence-corrected chi connectivity index (χ1v) is 6.69. The molecule has 19 heavy (non-hydrogen) atoms. The largest absolute Gasteiger partial charge is 0.377 e. The predicted octanol–water partition coefficient (Wildman–Crippen LogP) is 3.30. The van der Waals surface area contributed by atoms with Crippen molar-refractivity contribution in [2.45, 2.75) is 44.8 Å². The molecule has 0 aromatic heterocycles. The van der Waals surface area contributed by atoms with Gasteiger partial charge in [-0.1, -0.05) is 19.9 Å². The molecule has 1 rings (SSSR count). The summed E-state index contributed by atoms with van der Waals surface area (Å²) >= 11 is 0. The summed E-state index contributed by atoms with van der Waals surface area (Å²) in [5, 5.41) is 3.14. The van der Waals surface area contributed by atoms with Crippen LogP contribution >= 0.6 is 0 Å². The monoisotopic (exact) mass is 271 g/mol. The Balaban J connectivity index is 3.05. The standard InChI is InChI=1S/C15H23F2NO/c1-5-15(6-2,19-4)14(18-3)10-11-12(16)8-7-9-13(11)17/h7-9,14,18H,5-6,10H2,1-4H3. The highest BCUT2D eigenvalue weighted by Gasteiger charge is 2.35. The van der Waals surface area contributed by atoms with E-state index in [-0.39, 0.29) is 18.0 Å². The van der Waals surface area contributed by atoms with Crippen molar-refractivity contribution in [3.63, 3.8) is 0 Å². The van der Waals surface area contributed by atoms with Crippen LogP contribution in [0.25, 0.3) is 0 Å². The quantitative estimate of drug-likeness (QED) is 0.821. The SMILES string of the molecule is CCC(CC)(OC)C(Cc1c(F)cccc1F)NC. The Hall–Kier alpha value is -1.00. The molecule has 0 bridgehead atoms. The van der Waals surface area contributed by atoms with Gasteiger partial charge in [-0.15, -0.1) is 0 Å². The maximum atomic E-state index is 13.7. The summed E-state index contributed by atoms with van der Waals surface area (Å²) in [6.45, 7) is 4.05. The van der Waals surface area contributed by atoms with Gasteiger partial charge in [0.25, 0.3) is 0 Å². The minimum atomic E-state index is -0.502. The third-order valence-corrected chi connectivity index (χ3v) is 4.06. The third kappa shape index (κ3) is 3.31. The van der Waals surface area contributed by atoms with Crippen LogP contribution in [-0.4, -0.2) is 25.8 Å². The lowest BCUT2D eigenvalue weighted by molar-refractivity contribution is -0.0457.